The highest BCUT2D eigenvalue weighted by Gasteiger charge is 2.16. The van der Waals surface area contributed by atoms with Crippen LogP contribution in [0.3, 0.4) is 0 Å². The largest absolute Gasteiger partial charge is 0.493 e. The number of benzene rings is 1. The van der Waals surface area contributed by atoms with E-state index in [-0.39, 0.29) is 0 Å². The van der Waals surface area contributed by atoms with Gasteiger partial charge in [-0.3, -0.25) is 0 Å². The van der Waals surface area contributed by atoms with Crippen molar-refractivity contribution in [1.82, 2.24) is 15.0 Å². The first-order valence-corrected chi connectivity index (χ1v) is 8.83. The topological polar surface area (TPSA) is 87.6 Å². The van der Waals surface area contributed by atoms with Crippen LogP contribution >= 0.6 is 11.3 Å². The van der Waals surface area contributed by atoms with Gasteiger partial charge in [0.15, 0.2) is 11.5 Å². The molecule has 0 bridgehead atoms. The van der Waals surface area contributed by atoms with Gasteiger partial charge in [0.2, 0.25) is 17.6 Å². The first kappa shape index (κ1) is 18.7. The predicted octanol–water partition coefficient (Wildman–Crippen LogP) is 3.69. The number of rotatable bonds is 7. The number of anilines is 2. The Balaban J connectivity index is 1.95. The van der Waals surface area contributed by atoms with Crippen molar-refractivity contribution in [3.8, 4) is 33.7 Å². The van der Waals surface area contributed by atoms with Crippen LogP contribution in [-0.2, 0) is 0 Å². The molecule has 0 saturated heterocycles. The molecule has 2 heterocycles. The molecular weight excluding hydrogens is 368 g/mol. The fourth-order valence-corrected chi connectivity index (χ4v) is 3.39. The summed E-state index contributed by atoms with van der Waals surface area (Å²) in [5.41, 5.74) is 1.43. The number of aromatic nitrogens is 3. The zero-order chi connectivity index (χ0) is 19.4. The lowest BCUT2D eigenvalue weighted by atomic mass is 10.2. The molecule has 27 heavy (non-hydrogen) atoms. The van der Waals surface area contributed by atoms with Gasteiger partial charge < -0.3 is 24.3 Å². The second kappa shape index (κ2) is 8.09. The van der Waals surface area contributed by atoms with Crippen LogP contribution in [0, 0.1) is 6.92 Å². The van der Waals surface area contributed by atoms with Gasteiger partial charge in [0.05, 0.1) is 39.1 Å². The van der Waals surface area contributed by atoms with E-state index < -0.39 is 0 Å². The van der Waals surface area contributed by atoms with Gasteiger partial charge in [-0.05, 0) is 13.0 Å². The second-order valence-corrected chi connectivity index (χ2v) is 6.58. The van der Waals surface area contributed by atoms with E-state index in [1.807, 2.05) is 13.0 Å². The second-order valence-electron chi connectivity index (χ2n) is 5.38. The van der Waals surface area contributed by atoms with Crippen molar-refractivity contribution in [2.75, 3.05) is 33.8 Å². The van der Waals surface area contributed by atoms with Gasteiger partial charge in [0, 0.05) is 24.0 Å². The van der Waals surface area contributed by atoms with E-state index in [9.17, 15) is 0 Å². The van der Waals surface area contributed by atoms with E-state index in [4.69, 9.17) is 18.9 Å². The maximum Gasteiger partial charge on any atom is 0.234 e. The molecule has 0 fully saturated rings. The summed E-state index contributed by atoms with van der Waals surface area (Å²) in [6.45, 7) is 1.92. The summed E-state index contributed by atoms with van der Waals surface area (Å²) < 4.78 is 21.4. The molecule has 0 saturated carbocycles. The molecular formula is C18H20N4O4S. The molecule has 3 aromatic rings. The highest BCUT2D eigenvalue weighted by atomic mass is 32.1. The molecule has 0 amide bonds. The van der Waals surface area contributed by atoms with E-state index in [0.717, 1.165) is 15.6 Å². The number of methoxy groups -OCH3 is 4. The van der Waals surface area contributed by atoms with Gasteiger partial charge in [0.1, 0.15) is 4.88 Å². The summed E-state index contributed by atoms with van der Waals surface area (Å²) >= 11 is 1.51. The molecule has 3 rings (SSSR count). The van der Waals surface area contributed by atoms with Crippen molar-refractivity contribution in [3.63, 3.8) is 0 Å². The van der Waals surface area contributed by atoms with Crippen molar-refractivity contribution in [2.45, 2.75) is 6.92 Å². The Morgan fingerprint density at radius 2 is 1.63 bits per heavy atom. The zero-order valence-corrected chi connectivity index (χ0v) is 16.5. The van der Waals surface area contributed by atoms with Crippen molar-refractivity contribution in [2.24, 2.45) is 0 Å². The fraction of sp³-hybridized carbons (Fsp3) is 0.278. The molecule has 1 aromatic carbocycles. The van der Waals surface area contributed by atoms with Crippen molar-refractivity contribution in [1.29, 1.82) is 0 Å². The molecule has 0 spiro atoms. The Bertz CT molecular complexity index is 920. The number of nitrogens with one attached hydrogen (secondary N) is 1. The van der Waals surface area contributed by atoms with Gasteiger partial charge in [-0.15, -0.1) is 11.3 Å². The summed E-state index contributed by atoms with van der Waals surface area (Å²) in [4.78, 5) is 14.1. The first-order chi connectivity index (χ1) is 13.1. The van der Waals surface area contributed by atoms with Crippen molar-refractivity contribution in [3.05, 3.63) is 29.4 Å². The smallest absolute Gasteiger partial charge is 0.234 e. The summed E-state index contributed by atoms with van der Waals surface area (Å²) in [6.07, 6.45) is 1.68. The van der Waals surface area contributed by atoms with Gasteiger partial charge in [-0.1, -0.05) is 0 Å². The van der Waals surface area contributed by atoms with Crippen LogP contribution in [-0.4, -0.2) is 43.4 Å². The lowest BCUT2D eigenvalue weighted by Gasteiger charge is -2.14. The molecule has 0 atom stereocenters. The molecule has 8 nitrogen and oxygen atoms in total. The summed E-state index contributed by atoms with van der Waals surface area (Å²) in [5.74, 6) is 2.57. The number of hydrogen-bond acceptors (Lipinski definition) is 9. The first-order valence-electron chi connectivity index (χ1n) is 8.01. The summed E-state index contributed by atoms with van der Waals surface area (Å²) in [7, 11) is 6.28. The van der Waals surface area contributed by atoms with Gasteiger partial charge in [0.25, 0.3) is 0 Å². The molecule has 142 valence electrons. The number of aryl methyl sites for hydroxylation is 1. The number of thiazole rings is 1. The number of nitrogens with zero attached hydrogens (tertiary/aromatic N) is 3. The normalized spacial score (nSPS) is 10.4. The quantitative estimate of drug-likeness (QED) is 0.656. The number of ether oxygens (including phenoxy) is 4. The highest BCUT2D eigenvalue weighted by molar-refractivity contribution is 7.15. The standard InChI is InChI=1S/C18H20N4O4S/c1-10-20-17(26-5)16(27-10)12-6-7-19-18(22-12)21-11-8-13(23-2)15(25-4)14(9-11)24-3/h6-9H,1-5H3,(H,19,21,22). The van der Waals surface area contributed by atoms with Gasteiger partial charge in [-0.25, -0.2) is 15.0 Å². The Kier molecular flexibility index (Phi) is 5.60. The molecule has 9 heteroatoms. The van der Waals surface area contributed by atoms with Gasteiger partial charge in [-0.2, -0.15) is 0 Å². The van der Waals surface area contributed by atoms with E-state index in [1.165, 1.54) is 11.3 Å². The SMILES string of the molecule is COc1cc(Nc2nccc(-c3sc(C)nc3OC)n2)cc(OC)c1OC. The lowest BCUT2D eigenvalue weighted by molar-refractivity contribution is 0.324. The Labute approximate surface area is 161 Å². The van der Waals surface area contributed by atoms with Crippen LogP contribution in [0.2, 0.25) is 0 Å². The van der Waals surface area contributed by atoms with Crippen molar-refractivity contribution < 1.29 is 18.9 Å². The molecule has 0 aliphatic rings. The monoisotopic (exact) mass is 388 g/mol. The van der Waals surface area contributed by atoms with E-state index in [1.54, 1.807) is 46.8 Å². The maximum absolute atomic E-state index is 5.37. The van der Waals surface area contributed by atoms with E-state index >= 15 is 0 Å². The third-order valence-electron chi connectivity index (χ3n) is 3.71. The Morgan fingerprint density at radius 1 is 0.926 bits per heavy atom. The molecule has 0 aliphatic carbocycles. The van der Waals surface area contributed by atoms with E-state index in [2.05, 4.69) is 20.3 Å². The van der Waals surface area contributed by atoms with Crippen LogP contribution in [0.5, 0.6) is 23.1 Å². The highest BCUT2D eigenvalue weighted by Crippen LogP contribution is 2.40. The predicted molar refractivity (Wildman–Crippen MR) is 104 cm³/mol. The fourth-order valence-electron chi connectivity index (χ4n) is 2.54. The lowest BCUT2D eigenvalue weighted by Crippen LogP contribution is -2.00. The Hall–Kier alpha value is -3.07. The van der Waals surface area contributed by atoms with Crippen LogP contribution in [0.1, 0.15) is 5.01 Å². The molecule has 2 aromatic heterocycles. The average molecular weight is 388 g/mol. The molecule has 0 unspecified atom stereocenters. The minimum atomic E-state index is 0.426. The van der Waals surface area contributed by atoms with E-state index in [0.29, 0.717) is 34.8 Å². The average Bonchev–Trinajstić information content (AvgIpc) is 3.08. The number of hydrogen-bond donors (Lipinski definition) is 1. The third-order valence-corrected chi connectivity index (χ3v) is 4.68. The van der Waals surface area contributed by atoms with Gasteiger partial charge >= 0.3 is 0 Å². The summed E-state index contributed by atoms with van der Waals surface area (Å²) in [6, 6.07) is 5.39. The van der Waals surface area contributed by atoms with Crippen molar-refractivity contribution >= 4 is 23.0 Å². The maximum atomic E-state index is 5.37. The Morgan fingerprint density at radius 3 is 2.22 bits per heavy atom. The minimum absolute atomic E-state index is 0.426. The molecule has 0 aliphatic heterocycles. The van der Waals surface area contributed by atoms with Crippen LogP contribution < -0.4 is 24.3 Å². The van der Waals surface area contributed by atoms with Crippen LogP contribution in [0.15, 0.2) is 24.4 Å². The minimum Gasteiger partial charge on any atom is -0.493 e. The summed E-state index contributed by atoms with van der Waals surface area (Å²) in [5, 5.41) is 4.07. The van der Waals surface area contributed by atoms with Crippen LogP contribution in [0.25, 0.3) is 10.6 Å². The molecule has 0 radical (unpaired) electrons. The molecule has 1 N–H and O–H groups in total. The zero-order valence-electron chi connectivity index (χ0n) is 15.7. The third kappa shape index (κ3) is 3.87. The van der Waals surface area contributed by atoms with Crippen LogP contribution in [0.4, 0.5) is 11.6 Å².